The van der Waals surface area contributed by atoms with E-state index < -0.39 is 0 Å². The lowest BCUT2D eigenvalue weighted by Gasteiger charge is -2.10. The third kappa shape index (κ3) is 1.97. The number of benzene rings is 2. The lowest BCUT2D eigenvalue weighted by molar-refractivity contribution is 0.112. The van der Waals surface area contributed by atoms with E-state index in [0.717, 1.165) is 28.7 Å². The van der Waals surface area contributed by atoms with Crippen molar-refractivity contribution >= 4 is 28.7 Å². The molecule has 0 aliphatic carbocycles. The summed E-state index contributed by atoms with van der Waals surface area (Å²) >= 11 is 0. The summed E-state index contributed by atoms with van der Waals surface area (Å²) in [5, 5.41) is 4.28. The number of aldehydes is 1. The Morgan fingerprint density at radius 1 is 1.05 bits per heavy atom. The van der Waals surface area contributed by atoms with Gasteiger partial charge in [-0.15, -0.1) is 0 Å². The Morgan fingerprint density at radius 3 is 2.65 bits per heavy atom. The second kappa shape index (κ2) is 4.85. The van der Waals surface area contributed by atoms with E-state index in [1.165, 1.54) is 11.1 Å². The van der Waals surface area contributed by atoms with Crippen LogP contribution in [0.3, 0.4) is 0 Å². The summed E-state index contributed by atoms with van der Waals surface area (Å²) in [4.78, 5) is 14.7. The molecule has 20 heavy (non-hydrogen) atoms. The number of anilines is 2. The van der Waals surface area contributed by atoms with Crippen molar-refractivity contribution < 1.29 is 4.79 Å². The smallest absolute Gasteiger partial charge is 0.154 e. The van der Waals surface area contributed by atoms with Gasteiger partial charge in [-0.3, -0.25) is 4.79 Å². The molecular weight excluding hydrogens is 248 g/mol. The van der Waals surface area contributed by atoms with Crippen LogP contribution in [0.1, 0.15) is 21.5 Å². The summed E-state index contributed by atoms with van der Waals surface area (Å²) in [7, 11) is 0. The van der Waals surface area contributed by atoms with Gasteiger partial charge < -0.3 is 10.3 Å². The highest BCUT2D eigenvalue weighted by molar-refractivity contribution is 6.03. The molecule has 0 saturated heterocycles. The van der Waals surface area contributed by atoms with E-state index in [2.05, 4.69) is 30.2 Å². The minimum absolute atomic E-state index is 0.668. The standard InChI is InChI=1S/C17H16N2O/c1-11-6-5-9-15(12(11)2)18-17-14(10-20)13-7-3-4-8-16(13)19-17/h3-10,18-19H,1-2H3. The number of carbonyl (C=O) groups excluding carboxylic acids is 1. The fraction of sp³-hybridized carbons (Fsp3) is 0.118. The van der Waals surface area contributed by atoms with Gasteiger partial charge in [0.05, 0.1) is 5.56 Å². The van der Waals surface area contributed by atoms with Crippen LogP contribution in [-0.4, -0.2) is 11.3 Å². The van der Waals surface area contributed by atoms with Gasteiger partial charge in [-0.1, -0.05) is 30.3 Å². The Labute approximate surface area is 117 Å². The molecule has 3 aromatic rings. The van der Waals surface area contributed by atoms with Crippen LogP contribution in [0, 0.1) is 13.8 Å². The Bertz CT molecular complexity index is 787. The predicted molar refractivity (Wildman–Crippen MR) is 82.9 cm³/mol. The largest absolute Gasteiger partial charge is 0.341 e. The van der Waals surface area contributed by atoms with E-state index in [1.807, 2.05) is 36.4 Å². The molecule has 1 aromatic heterocycles. The first kappa shape index (κ1) is 12.5. The number of rotatable bonds is 3. The lowest BCUT2D eigenvalue weighted by Crippen LogP contribution is -1.97. The summed E-state index contributed by atoms with van der Waals surface area (Å²) in [5.41, 5.74) is 5.05. The number of nitrogens with one attached hydrogen (secondary N) is 2. The van der Waals surface area contributed by atoms with Crippen molar-refractivity contribution in [2.75, 3.05) is 5.32 Å². The molecule has 0 aliphatic rings. The van der Waals surface area contributed by atoms with Gasteiger partial charge in [0, 0.05) is 16.6 Å². The van der Waals surface area contributed by atoms with Crippen molar-refractivity contribution in [1.29, 1.82) is 0 Å². The monoisotopic (exact) mass is 264 g/mol. The first-order valence-electron chi connectivity index (χ1n) is 6.60. The summed E-state index contributed by atoms with van der Waals surface area (Å²) < 4.78 is 0. The molecule has 0 radical (unpaired) electrons. The average Bonchev–Trinajstić information content (AvgIpc) is 2.81. The van der Waals surface area contributed by atoms with Gasteiger partial charge in [-0.05, 0) is 37.1 Å². The van der Waals surface area contributed by atoms with Crippen molar-refractivity contribution in [2.24, 2.45) is 0 Å². The van der Waals surface area contributed by atoms with Crippen molar-refractivity contribution in [3.63, 3.8) is 0 Å². The summed E-state index contributed by atoms with van der Waals surface area (Å²) in [5.74, 6) is 0.745. The van der Waals surface area contributed by atoms with Gasteiger partial charge in [0.1, 0.15) is 5.82 Å². The van der Waals surface area contributed by atoms with E-state index in [1.54, 1.807) is 0 Å². The van der Waals surface area contributed by atoms with Crippen molar-refractivity contribution in [2.45, 2.75) is 13.8 Å². The summed E-state index contributed by atoms with van der Waals surface area (Å²) in [6.07, 6.45) is 0.895. The number of H-pyrrole nitrogens is 1. The van der Waals surface area contributed by atoms with E-state index in [9.17, 15) is 4.79 Å². The minimum Gasteiger partial charge on any atom is -0.341 e. The number of aromatic amines is 1. The van der Waals surface area contributed by atoms with Gasteiger partial charge in [0.15, 0.2) is 6.29 Å². The first-order chi connectivity index (χ1) is 9.70. The topological polar surface area (TPSA) is 44.9 Å². The molecule has 0 aliphatic heterocycles. The summed E-state index contributed by atoms with van der Waals surface area (Å²) in [6.45, 7) is 4.15. The van der Waals surface area contributed by atoms with Gasteiger partial charge in [-0.25, -0.2) is 0 Å². The van der Waals surface area contributed by atoms with Gasteiger partial charge in [-0.2, -0.15) is 0 Å². The Hall–Kier alpha value is -2.55. The zero-order valence-electron chi connectivity index (χ0n) is 11.5. The first-order valence-corrected chi connectivity index (χ1v) is 6.60. The normalized spacial score (nSPS) is 10.7. The molecule has 0 spiro atoms. The van der Waals surface area contributed by atoms with Gasteiger partial charge in [0.2, 0.25) is 0 Å². The highest BCUT2D eigenvalue weighted by atomic mass is 16.1. The molecule has 2 aromatic carbocycles. The molecule has 3 nitrogen and oxygen atoms in total. The second-order valence-electron chi connectivity index (χ2n) is 4.95. The maximum Gasteiger partial charge on any atom is 0.154 e. The molecule has 0 saturated carbocycles. The van der Waals surface area contributed by atoms with Crippen molar-refractivity contribution in [1.82, 2.24) is 4.98 Å². The van der Waals surface area contributed by atoms with Gasteiger partial charge >= 0.3 is 0 Å². The summed E-state index contributed by atoms with van der Waals surface area (Å²) in [6, 6.07) is 13.9. The quantitative estimate of drug-likeness (QED) is 0.691. The third-order valence-electron chi connectivity index (χ3n) is 3.73. The van der Waals surface area contributed by atoms with Crippen LogP contribution in [0.25, 0.3) is 10.9 Å². The van der Waals surface area contributed by atoms with E-state index >= 15 is 0 Å². The number of aryl methyl sites for hydroxylation is 1. The van der Waals surface area contributed by atoms with E-state index in [4.69, 9.17) is 0 Å². The molecule has 0 bridgehead atoms. The molecule has 1 heterocycles. The number of para-hydroxylation sites is 1. The molecular formula is C17H16N2O. The maximum atomic E-state index is 11.4. The van der Waals surface area contributed by atoms with E-state index in [-0.39, 0.29) is 0 Å². The number of hydrogen-bond acceptors (Lipinski definition) is 2. The number of fused-ring (bicyclic) bond motifs is 1. The molecule has 2 N–H and O–H groups in total. The van der Waals surface area contributed by atoms with Crippen LogP contribution in [0.2, 0.25) is 0 Å². The highest BCUT2D eigenvalue weighted by Crippen LogP contribution is 2.29. The molecule has 0 amide bonds. The minimum atomic E-state index is 0.668. The fourth-order valence-electron chi connectivity index (χ4n) is 2.41. The zero-order valence-corrected chi connectivity index (χ0v) is 11.5. The third-order valence-corrected chi connectivity index (χ3v) is 3.73. The lowest BCUT2D eigenvalue weighted by atomic mass is 10.1. The SMILES string of the molecule is Cc1cccc(Nc2[nH]c3ccccc3c2C=O)c1C. The molecule has 3 rings (SSSR count). The average molecular weight is 264 g/mol. The fourth-order valence-corrected chi connectivity index (χ4v) is 2.41. The highest BCUT2D eigenvalue weighted by Gasteiger charge is 2.11. The molecule has 100 valence electrons. The van der Waals surface area contributed by atoms with Gasteiger partial charge in [0.25, 0.3) is 0 Å². The van der Waals surface area contributed by atoms with E-state index in [0.29, 0.717) is 5.56 Å². The van der Waals surface area contributed by atoms with Crippen molar-refractivity contribution in [3.05, 3.63) is 59.2 Å². The predicted octanol–water partition coefficient (Wildman–Crippen LogP) is 4.34. The van der Waals surface area contributed by atoms with Crippen LogP contribution in [0.4, 0.5) is 11.5 Å². The molecule has 0 unspecified atom stereocenters. The molecule has 0 atom stereocenters. The molecule has 0 fully saturated rings. The van der Waals surface area contributed by atoms with Crippen LogP contribution in [0.5, 0.6) is 0 Å². The van der Waals surface area contributed by atoms with Crippen LogP contribution in [0.15, 0.2) is 42.5 Å². The number of hydrogen-bond donors (Lipinski definition) is 2. The Morgan fingerprint density at radius 2 is 1.85 bits per heavy atom. The maximum absolute atomic E-state index is 11.4. The van der Waals surface area contributed by atoms with Crippen LogP contribution >= 0.6 is 0 Å². The molecule has 3 heteroatoms. The number of aromatic nitrogens is 1. The zero-order chi connectivity index (χ0) is 14.1. The van der Waals surface area contributed by atoms with Crippen LogP contribution in [-0.2, 0) is 0 Å². The number of carbonyl (C=O) groups is 1. The van der Waals surface area contributed by atoms with Crippen molar-refractivity contribution in [3.8, 4) is 0 Å². The van der Waals surface area contributed by atoms with Crippen LogP contribution < -0.4 is 5.32 Å². The Balaban J connectivity index is 2.11. The Kier molecular flexibility index (Phi) is 3.03. The second-order valence-corrected chi connectivity index (χ2v) is 4.95.